The molecule has 2 aromatic carbocycles. The van der Waals surface area contributed by atoms with E-state index in [-0.39, 0.29) is 5.02 Å². The Labute approximate surface area is 123 Å². The number of ether oxygens (including phenoxy) is 1. The fourth-order valence-corrected chi connectivity index (χ4v) is 1.98. The van der Waals surface area contributed by atoms with E-state index in [2.05, 4.69) is 12.2 Å². The second kappa shape index (κ2) is 7.15. The summed E-state index contributed by atoms with van der Waals surface area (Å²) in [6.45, 7) is 3.27. The molecule has 0 saturated heterocycles. The largest absolute Gasteiger partial charge is 0.494 e. The predicted octanol–water partition coefficient (Wildman–Crippen LogP) is 4.88. The van der Waals surface area contributed by atoms with Crippen molar-refractivity contribution in [3.05, 3.63) is 58.9 Å². The first-order chi connectivity index (χ1) is 9.70. The lowest BCUT2D eigenvalue weighted by molar-refractivity contribution is 0.317. The van der Waals surface area contributed by atoms with Crippen molar-refractivity contribution < 1.29 is 9.13 Å². The highest BCUT2D eigenvalue weighted by molar-refractivity contribution is 6.31. The summed E-state index contributed by atoms with van der Waals surface area (Å²) in [6.07, 6.45) is 0.968. The van der Waals surface area contributed by atoms with E-state index in [1.807, 2.05) is 24.3 Å². The summed E-state index contributed by atoms with van der Waals surface area (Å²) in [4.78, 5) is 0. The molecule has 0 amide bonds. The monoisotopic (exact) mass is 293 g/mol. The van der Waals surface area contributed by atoms with Crippen LogP contribution in [0.1, 0.15) is 18.9 Å². The van der Waals surface area contributed by atoms with Crippen LogP contribution in [0.5, 0.6) is 5.75 Å². The molecule has 2 aromatic rings. The van der Waals surface area contributed by atoms with Crippen LogP contribution in [0, 0.1) is 5.82 Å². The van der Waals surface area contributed by atoms with Gasteiger partial charge in [0.2, 0.25) is 0 Å². The Balaban J connectivity index is 2.01. The molecule has 0 bridgehead atoms. The Morgan fingerprint density at radius 2 is 2.00 bits per heavy atom. The number of halogens is 2. The SMILES string of the molecule is CCCOc1cccc(CNc2cccc(Cl)c2F)c1. The van der Waals surface area contributed by atoms with Crippen LogP contribution in [-0.2, 0) is 6.54 Å². The minimum atomic E-state index is -0.424. The van der Waals surface area contributed by atoms with E-state index >= 15 is 0 Å². The van der Waals surface area contributed by atoms with Crippen molar-refractivity contribution in [3.63, 3.8) is 0 Å². The molecule has 0 aliphatic heterocycles. The van der Waals surface area contributed by atoms with Crippen molar-refractivity contribution in [2.75, 3.05) is 11.9 Å². The minimum Gasteiger partial charge on any atom is -0.494 e. The summed E-state index contributed by atoms with van der Waals surface area (Å²) in [5.41, 5.74) is 1.43. The molecule has 0 fully saturated rings. The molecule has 0 atom stereocenters. The fraction of sp³-hybridized carbons (Fsp3) is 0.250. The van der Waals surface area contributed by atoms with Gasteiger partial charge < -0.3 is 10.1 Å². The van der Waals surface area contributed by atoms with E-state index in [0.29, 0.717) is 18.8 Å². The second-order valence-electron chi connectivity index (χ2n) is 4.45. The summed E-state index contributed by atoms with van der Waals surface area (Å²) in [6, 6.07) is 12.7. The highest BCUT2D eigenvalue weighted by atomic mass is 35.5. The zero-order chi connectivity index (χ0) is 14.4. The first-order valence-corrected chi connectivity index (χ1v) is 6.98. The van der Waals surface area contributed by atoms with Gasteiger partial charge in [0.15, 0.2) is 5.82 Å². The Hall–Kier alpha value is -1.74. The van der Waals surface area contributed by atoms with Crippen molar-refractivity contribution in [1.29, 1.82) is 0 Å². The zero-order valence-electron chi connectivity index (χ0n) is 11.3. The van der Waals surface area contributed by atoms with E-state index in [9.17, 15) is 4.39 Å². The number of anilines is 1. The Morgan fingerprint density at radius 3 is 2.80 bits per heavy atom. The van der Waals surface area contributed by atoms with E-state index < -0.39 is 5.82 Å². The lowest BCUT2D eigenvalue weighted by Gasteiger charge is -2.10. The topological polar surface area (TPSA) is 21.3 Å². The van der Waals surface area contributed by atoms with Crippen molar-refractivity contribution in [2.24, 2.45) is 0 Å². The molecule has 0 unspecified atom stereocenters. The first kappa shape index (κ1) is 14.7. The van der Waals surface area contributed by atoms with Gasteiger partial charge in [-0.05, 0) is 36.2 Å². The van der Waals surface area contributed by atoms with Crippen LogP contribution in [0.4, 0.5) is 10.1 Å². The molecule has 4 heteroatoms. The van der Waals surface area contributed by atoms with Crippen molar-refractivity contribution in [1.82, 2.24) is 0 Å². The number of rotatable bonds is 6. The molecule has 0 radical (unpaired) electrons. The van der Waals surface area contributed by atoms with E-state index in [1.54, 1.807) is 12.1 Å². The highest BCUT2D eigenvalue weighted by Crippen LogP contribution is 2.23. The summed E-state index contributed by atoms with van der Waals surface area (Å²) in [5.74, 6) is 0.408. The molecule has 0 heterocycles. The fourth-order valence-electron chi connectivity index (χ4n) is 1.80. The standard InChI is InChI=1S/C16H17ClFNO/c1-2-9-20-13-6-3-5-12(10-13)11-19-15-8-4-7-14(17)16(15)18/h3-8,10,19H,2,9,11H2,1H3. The first-order valence-electron chi connectivity index (χ1n) is 6.60. The van der Waals surface area contributed by atoms with Gasteiger partial charge in [-0.3, -0.25) is 0 Å². The highest BCUT2D eigenvalue weighted by Gasteiger charge is 2.05. The second-order valence-corrected chi connectivity index (χ2v) is 4.86. The number of nitrogens with one attached hydrogen (secondary N) is 1. The predicted molar refractivity (Wildman–Crippen MR) is 81.0 cm³/mol. The van der Waals surface area contributed by atoms with Gasteiger partial charge in [0, 0.05) is 6.54 Å². The van der Waals surface area contributed by atoms with Crippen LogP contribution in [0.2, 0.25) is 5.02 Å². The molecule has 20 heavy (non-hydrogen) atoms. The molecule has 0 saturated carbocycles. The van der Waals surface area contributed by atoms with E-state index in [1.165, 1.54) is 6.07 Å². The van der Waals surface area contributed by atoms with Crippen LogP contribution >= 0.6 is 11.6 Å². The van der Waals surface area contributed by atoms with Crippen molar-refractivity contribution >= 4 is 17.3 Å². The average molecular weight is 294 g/mol. The summed E-state index contributed by atoms with van der Waals surface area (Å²) >= 11 is 5.74. The lowest BCUT2D eigenvalue weighted by Crippen LogP contribution is -2.02. The molecule has 0 spiro atoms. The van der Waals surface area contributed by atoms with Gasteiger partial charge in [-0.25, -0.2) is 4.39 Å². The van der Waals surface area contributed by atoms with E-state index in [0.717, 1.165) is 17.7 Å². The van der Waals surface area contributed by atoms with Gasteiger partial charge in [0.05, 0.1) is 17.3 Å². The Kier molecular flexibility index (Phi) is 5.24. The molecule has 2 rings (SSSR count). The molecular formula is C16H17ClFNO. The summed E-state index contributed by atoms with van der Waals surface area (Å²) < 4.78 is 19.3. The quantitative estimate of drug-likeness (QED) is 0.819. The van der Waals surface area contributed by atoms with Gasteiger partial charge in [-0.15, -0.1) is 0 Å². The number of hydrogen-bond acceptors (Lipinski definition) is 2. The zero-order valence-corrected chi connectivity index (χ0v) is 12.1. The van der Waals surface area contributed by atoms with Crippen LogP contribution in [0.15, 0.2) is 42.5 Å². The van der Waals surface area contributed by atoms with Crippen LogP contribution in [0.3, 0.4) is 0 Å². The maximum Gasteiger partial charge on any atom is 0.164 e. The average Bonchev–Trinajstić information content (AvgIpc) is 2.47. The maximum atomic E-state index is 13.7. The third kappa shape index (κ3) is 3.87. The molecule has 0 aromatic heterocycles. The minimum absolute atomic E-state index is 0.120. The van der Waals surface area contributed by atoms with Crippen LogP contribution in [0.25, 0.3) is 0 Å². The normalized spacial score (nSPS) is 10.3. The maximum absolute atomic E-state index is 13.7. The van der Waals surface area contributed by atoms with Gasteiger partial charge >= 0.3 is 0 Å². The molecule has 1 N–H and O–H groups in total. The van der Waals surface area contributed by atoms with E-state index in [4.69, 9.17) is 16.3 Å². The molecule has 0 aliphatic rings. The van der Waals surface area contributed by atoms with Crippen molar-refractivity contribution in [3.8, 4) is 5.75 Å². The third-order valence-corrected chi connectivity index (χ3v) is 3.10. The molecule has 0 aliphatic carbocycles. The summed E-state index contributed by atoms with van der Waals surface area (Å²) in [7, 11) is 0. The number of hydrogen-bond donors (Lipinski definition) is 1. The van der Waals surface area contributed by atoms with Crippen LogP contribution < -0.4 is 10.1 Å². The van der Waals surface area contributed by atoms with Gasteiger partial charge in [-0.2, -0.15) is 0 Å². The molecule has 106 valence electrons. The van der Waals surface area contributed by atoms with Gasteiger partial charge in [0.1, 0.15) is 5.75 Å². The van der Waals surface area contributed by atoms with Crippen LogP contribution in [-0.4, -0.2) is 6.61 Å². The molecular weight excluding hydrogens is 277 g/mol. The lowest BCUT2D eigenvalue weighted by atomic mass is 10.2. The van der Waals surface area contributed by atoms with Crippen molar-refractivity contribution in [2.45, 2.75) is 19.9 Å². The smallest absolute Gasteiger partial charge is 0.164 e. The Bertz CT molecular complexity index is 574. The third-order valence-electron chi connectivity index (χ3n) is 2.81. The Morgan fingerprint density at radius 1 is 1.20 bits per heavy atom. The number of benzene rings is 2. The van der Waals surface area contributed by atoms with Gasteiger partial charge in [-0.1, -0.05) is 36.7 Å². The summed E-state index contributed by atoms with van der Waals surface area (Å²) in [5, 5.41) is 3.16. The van der Waals surface area contributed by atoms with Gasteiger partial charge in [0.25, 0.3) is 0 Å². The molecule has 2 nitrogen and oxygen atoms in total.